The molecule has 0 fully saturated rings. The largest absolute Gasteiger partial charge is 0.312 e. The highest BCUT2D eigenvalue weighted by molar-refractivity contribution is 7.98. The number of para-hydroxylation sites is 1. The van der Waals surface area contributed by atoms with Crippen LogP contribution in [-0.2, 0) is 17.0 Å². The van der Waals surface area contributed by atoms with Gasteiger partial charge in [0, 0.05) is 30.2 Å². The van der Waals surface area contributed by atoms with Crippen molar-refractivity contribution in [2.24, 2.45) is 0 Å². The highest BCUT2D eigenvalue weighted by Gasteiger charge is 2.21. The van der Waals surface area contributed by atoms with Gasteiger partial charge in [0.25, 0.3) is 0 Å². The number of anilines is 1. The molecule has 1 aliphatic rings. The van der Waals surface area contributed by atoms with E-state index in [-0.39, 0.29) is 5.91 Å². The Kier molecular flexibility index (Phi) is 5.17. The zero-order valence-corrected chi connectivity index (χ0v) is 13.5. The smallest absolute Gasteiger partial charge is 0.227 e. The number of thioether (sulfide) groups is 1. The second-order valence-electron chi connectivity index (χ2n) is 5.57. The van der Waals surface area contributed by atoms with Crippen LogP contribution in [0.4, 0.5) is 5.69 Å². The summed E-state index contributed by atoms with van der Waals surface area (Å²) in [5, 5.41) is 0. The molecule has 0 aliphatic carbocycles. The average Bonchev–Trinajstić information content (AvgIpc) is 2.59. The van der Waals surface area contributed by atoms with Gasteiger partial charge in [-0.3, -0.25) is 4.79 Å². The van der Waals surface area contributed by atoms with Gasteiger partial charge >= 0.3 is 0 Å². The maximum atomic E-state index is 12.5. The van der Waals surface area contributed by atoms with Gasteiger partial charge in [-0.05, 0) is 30.0 Å². The molecular formula is C19H21NOS. The minimum absolute atomic E-state index is 0.257. The topological polar surface area (TPSA) is 20.3 Å². The summed E-state index contributed by atoms with van der Waals surface area (Å²) in [7, 11) is 0. The zero-order chi connectivity index (χ0) is 15.2. The molecule has 1 aliphatic heterocycles. The summed E-state index contributed by atoms with van der Waals surface area (Å²) in [5.41, 5.74) is 3.74. The van der Waals surface area contributed by atoms with Crippen molar-refractivity contribution < 1.29 is 4.79 Å². The summed E-state index contributed by atoms with van der Waals surface area (Å²) >= 11 is 1.83. The Bertz CT molecular complexity index is 626. The summed E-state index contributed by atoms with van der Waals surface area (Å²) < 4.78 is 0. The summed E-state index contributed by atoms with van der Waals surface area (Å²) in [6.07, 6.45) is 2.77. The van der Waals surface area contributed by atoms with E-state index in [0.29, 0.717) is 6.42 Å². The van der Waals surface area contributed by atoms with Gasteiger partial charge in [0.1, 0.15) is 0 Å². The third-order valence-electron chi connectivity index (χ3n) is 3.98. The Hall–Kier alpha value is -1.74. The van der Waals surface area contributed by atoms with Crippen LogP contribution in [0.2, 0.25) is 0 Å². The Morgan fingerprint density at radius 2 is 1.82 bits per heavy atom. The molecule has 0 saturated heterocycles. The highest BCUT2D eigenvalue weighted by atomic mass is 32.2. The number of hydrogen-bond donors (Lipinski definition) is 0. The van der Waals surface area contributed by atoms with E-state index in [1.165, 1.54) is 11.1 Å². The number of benzene rings is 2. The number of fused-ring (bicyclic) bond motifs is 1. The van der Waals surface area contributed by atoms with Crippen LogP contribution in [0.3, 0.4) is 0 Å². The first-order valence-corrected chi connectivity index (χ1v) is 9.00. The standard InChI is InChI=1S/C19H21NOS/c21-19(12-14-22-15-16-7-2-1-3-8-16)20-13-6-10-17-9-4-5-11-18(17)20/h1-5,7-9,11H,6,10,12-15H2. The molecule has 0 N–H and O–H groups in total. The van der Waals surface area contributed by atoms with Gasteiger partial charge in [-0.2, -0.15) is 11.8 Å². The van der Waals surface area contributed by atoms with Crippen LogP contribution >= 0.6 is 11.8 Å². The normalized spacial score (nSPS) is 13.7. The molecule has 2 aromatic rings. The SMILES string of the molecule is O=C(CCSCc1ccccc1)N1CCCc2ccccc21. The van der Waals surface area contributed by atoms with Crippen molar-refractivity contribution in [3.63, 3.8) is 0 Å². The monoisotopic (exact) mass is 311 g/mol. The Balaban J connectivity index is 1.51. The van der Waals surface area contributed by atoms with Crippen molar-refractivity contribution in [1.82, 2.24) is 0 Å². The van der Waals surface area contributed by atoms with Crippen LogP contribution in [0.5, 0.6) is 0 Å². The van der Waals surface area contributed by atoms with Crippen molar-refractivity contribution in [3.05, 3.63) is 65.7 Å². The molecule has 3 heteroatoms. The molecule has 0 radical (unpaired) electrons. The number of amides is 1. The number of carbonyl (C=O) groups excluding carboxylic acids is 1. The van der Waals surface area contributed by atoms with Gasteiger partial charge in [-0.25, -0.2) is 0 Å². The first kappa shape index (κ1) is 15.2. The fraction of sp³-hybridized carbons (Fsp3) is 0.316. The molecule has 1 amide bonds. The van der Waals surface area contributed by atoms with Crippen LogP contribution in [0, 0.1) is 0 Å². The Morgan fingerprint density at radius 3 is 2.68 bits per heavy atom. The lowest BCUT2D eigenvalue weighted by Gasteiger charge is -2.29. The zero-order valence-electron chi connectivity index (χ0n) is 12.7. The highest BCUT2D eigenvalue weighted by Crippen LogP contribution is 2.27. The first-order valence-electron chi connectivity index (χ1n) is 7.84. The molecule has 2 aromatic carbocycles. The molecule has 114 valence electrons. The molecule has 0 saturated carbocycles. The molecular weight excluding hydrogens is 290 g/mol. The second kappa shape index (κ2) is 7.50. The quantitative estimate of drug-likeness (QED) is 0.768. The van der Waals surface area contributed by atoms with Crippen LogP contribution in [0.1, 0.15) is 24.0 Å². The van der Waals surface area contributed by atoms with E-state index in [0.717, 1.165) is 36.6 Å². The molecule has 0 bridgehead atoms. The summed E-state index contributed by atoms with van der Waals surface area (Å²) in [5.74, 6) is 2.12. The summed E-state index contributed by atoms with van der Waals surface area (Å²) in [6, 6.07) is 18.7. The Morgan fingerprint density at radius 1 is 1.05 bits per heavy atom. The lowest BCUT2D eigenvalue weighted by molar-refractivity contribution is -0.118. The van der Waals surface area contributed by atoms with E-state index in [4.69, 9.17) is 0 Å². The maximum absolute atomic E-state index is 12.5. The van der Waals surface area contributed by atoms with E-state index in [1.807, 2.05) is 28.8 Å². The average molecular weight is 311 g/mol. The van der Waals surface area contributed by atoms with Gasteiger partial charge in [0.05, 0.1) is 0 Å². The third-order valence-corrected chi connectivity index (χ3v) is 5.01. The van der Waals surface area contributed by atoms with Crippen LogP contribution < -0.4 is 4.90 Å². The number of rotatable bonds is 5. The van der Waals surface area contributed by atoms with Crippen molar-refractivity contribution in [2.45, 2.75) is 25.0 Å². The molecule has 0 aromatic heterocycles. The molecule has 0 spiro atoms. The molecule has 22 heavy (non-hydrogen) atoms. The van der Waals surface area contributed by atoms with E-state index in [1.54, 1.807) is 0 Å². The molecule has 3 rings (SSSR count). The molecule has 0 unspecified atom stereocenters. The second-order valence-corrected chi connectivity index (χ2v) is 6.67. The number of hydrogen-bond acceptors (Lipinski definition) is 2. The first-order chi connectivity index (χ1) is 10.8. The third kappa shape index (κ3) is 3.72. The van der Waals surface area contributed by atoms with E-state index in [9.17, 15) is 4.79 Å². The summed E-state index contributed by atoms with van der Waals surface area (Å²) in [6.45, 7) is 0.860. The molecule has 2 nitrogen and oxygen atoms in total. The van der Waals surface area contributed by atoms with Gasteiger partial charge in [-0.1, -0.05) is 48.5 Å². The van der Waals surface area contributed by atoms with Crippen LogP contribution in [0.25, 0.3) is 0 Å². The van der Waals surface area contributed by atoms with Crippen molar-refractivity contribution in [3.8, 4) is 0 Å². The maximum Gasteiger partial charge on any atom is 0.227 e. The van der Waals surface area contributed by atoms with Crippen molar-refractivity contribution >= 4 is 23.4 Å². The number of nitrogens with zero attached hydrogens (tertiary/aromatic N) is 1. The van der Waals surface area contributed by atoms with Crippen molar-refractivity contribution in [2.75, 3.05) is 17.2 Å². The number of aryl methyl sites for hydroxylation is 1. The number of carbonyl (C=O) groups is 1. The van der Waals surface area contributed by atoms with Gasteiger partial charge < -0.3 is 4.90 Å². The van der Waals surface area contributed by atoms with E-state index in [2.05, 4.69) is 42.5 Å². The molecule has 0 atom stereocenters. The molecule has 1 heterocycles. The Labute approximate surface area is 136 Å². The predicted octanol–water partition coefficient (Wildman–Crippen LogP) is 4.29. The minimum atomic E-state index is 0.257. The predicted molar refractivity (Wildman–Crippen MR) is 94.3 cm³/mol. The minimum Gasteiger partial charge on any atom is -0.312 e. The van der Waals surface area contributed by atoms with Crippen LogP contribution in [-0.4, -0.2) is 18.2 Å². The fourth-order valence-corrected chi connectivity index (χ4v) is 3.74. The lowest BCUT2D eigenvalue weighted by Crippen LogP contribution is -2.35. The van der Waals surface area contributed by atoms with Crippen LogP contribution in [0.15, 0.2) is 54.6 Å². The summed E-state index contributed by atoms with van der Waals surface area (Å²) in [4.78, 5) is 14.5. The lowest BCUT2D eigenvalue weighted by atomic mass is 10.0. The van der Waals surface area contributed by atoms with Gasteiger partial charge in [-0.15, -0.1) is 0 Å². The van der Waals surface area contributed by atoms with E-state index < -0.39 is 0 Å². The fourth-order valence-electron chi connectivity index (χ4n) is 2.85. The van der Waals surface area contributed by atoms with Gasteiger partial charge in [0.2, 0.25) is 5.91 Å². The van der Waals surface area contributed by atoms with Crippen molar-refractivity contribution in [1.29, 1.82) is 0 Å². The van der Waals surface area contributed by atoms with Gasteiger partial charge in [0.15, 0.2) is 0 Å². The van der Waals surface area contributed by atoms with E-state index >= 15 is 0 Å².